The van der Waals surface area contributed by atoms with Gasteiger partial charge in [0.15, 0.2) is 0 Å². The number of hydrogen-bond acceptors (Lipinski definition) is 4. The molecule has 0 aliphatic carbocycles. The van der Waals surface area contributed by atoms with E-state index in [0.717, 1.165) is 5.56 Å². The summed E-state index contributed by atoms with van der Waals surface area (Å²) in [5, 5.41) is 2.29. The third kappa shape index (κ3) is 2.18. The molecule has 1 aromatic heterocycles. The van der Waals surface area contributed by atoms with Crippen LogP contribution in [-0.4, -0.2) is 23.9 Å². The number of methoxy groups -OCH3 is 1. The van der Waals surface area contributed by atoms with Crippen LogP contribution in [0.25, 0.3) is 0 Å². The van der Waals surface area contributed by atoms with Crippen LogP contribution < -0.4 is 10.1 Å². The minimum absolute atomic E-state index is 0.194. The monoisotopic (exact) mass is 220 g/mol. The van der Waals surface area contributed by atoms with Gasteiger partial charge in [0.05, 0.1) is 13.0 Å². The Morgan fingerprint density at radius 3 is 2.81 bits per heavy atom. The maximum absolute atomic E-state index is 11.3. The summed E-state index contributed by atoms with van der Waals surface area (Å²) in [6.45, 7) is 0. The normalized spacial score (nSPS) is 19.7. The Morgan fingerprint density at radius 1 is 1.50 bits per heavy atom. The van der Waals surface area contributed by atoms with Crippen molar-refractivity contribution in [2.24, 2.45) is 5.92 Å². The number of carbonyl (C=O) groups excluding carboxylic acids is 2. The lowest BCUT2D eigenvalue weighted by atomic mass is 9.99. The first-order chi connectivity index (χ1) is 7.69. The van der Waals surface area contributed by atoms with E-state index in [2.05, 4.69) is 10.3 Å². The molecular weight excluding hydrogens is 208 g/mol. The molecule has 1 unspecified atom stereocenters. The highest BCUT2D eigenvalue weighted by Crippen LogP contribution is 2.17. The van der Waals surface area contributed by atoms with Gasteiger partial charge in [0.1, 0.15) is 0 Å². The van der Waals surface area contributed by atoms with Gasteiger partial charge in [-0.15, -0.1) is 0 Å². The van der Waals surface area contributed by atoms with E-state index < -0.39 is 0 Å². The molecule has 5 heteroatoms. The summed E-state index contributed by atoms with van der Waals surface area (Å²) in [5.74, 6) is -0.115. The number of ether oxygens (including phenoxy) is 1. The van der Waals surface area contributed by atoms with E-state index in [-0.39, 0.29) is 24.2 Å². The van der Waals surface area contributed by atoms with Crippen molar-refractivity contribution in [2.45, 2.75) is 12.8 Å². The molecule has 1 atom stereocenters. The maximum atomic E-state index is 11.3. The van der Waals surface area contributed by atoms with Crippen molar-refractivity contribution in [3.63, 3.8) is 0 Å². The van der Waals surface area contributed by atoms with Crippen LogP contribution in [0.1, 0.15) is 12.0 Å². The minimum Gasteiger partial charge on any atom is -0.481 e. The summed E-state index contributed by atoms with van der Waals surface area (Å²) in [7, 11) is 1.55. The quantitative estimate of drug-likeness (QED) is 0.744. The molecule has 1 N–H and O–H groups in total. The van der Waals surface area contributed by atoms with Gasteiger partial charge in [0.2, 0.25) is 17.7 Å². The summed E-state index contributed by atoms with van der Waals surface area (Å²) in [6.07, 6.45) is 2.47. The van der Waals surface area contributed by atoms with Crippen LogP contribution in [0, 0.1) is 5.92 Å². The van der Waals surface area contributed by atoms with Gasteiger partial charge in [-0.1, -0.05) is 6.07 Å². The molecule has 0 bridgehead atoms. The molecule has 1 aromatic rings. The number of imide groups is 1. The number of carbonyl (C=O) groups is 2. The standard InChI is InChI=1S/C11H12N2O3/c1-16-10-3-2-7(6-12-10)4-8-5-9(14)13-11(8)15/h2-3,6,8H,4-5H2,1H3,(H,13,14,15). The minimum atomic E-state index is -0.261. The second-order valence-corrected chi connectivity index (χ2v) is 3.73. The van der Waals surface area contributed by atoms with Gasteiger partial charge in [-0.25, -0.2) is 4.98 Å². The predicted octanol–water partition coefficient (Wildman–Crippen LogP) is 0.295. The molecule has 5 nitrogen and oxygen atoms in total. The first kappa shape index (κ1) is 10.6. The molecule has 0 saturated carbocycles. The Labute approximate surface area is 92.8 Å². The van der Waals surface area contributed by atoms with Gasteiger partial charge in [-0.2, -0.15) is 0 Å². The molecule has 1 saturated heterocycles. The van der Waals surface area contributed by atoms with Crippen molar-refractivity contribution < 1.29 is 14.3 Å². The van der Waals surface area contributed by atoms with E-state index in [4.69, 9.17) is 4.74 Å². The average Bonchev–Trinajstić information content (AvgIpc) is 2.59. The number of aromatic nitrogens is 1. The predicted molar refractivity (Wildman–Crippen MR) is 55.7 cm³/mol. The molecule has 1 fully saturated rings. The van der Waals surface area contributed by atoms with Gasteiger partial charge in [0, 0.05) is 18.7 Å². The van der Waals surface area contributed by atoms with E-state index in [1.165, 1.54) is 0 Å². The Kier molecular flexibility index (Phi) is 2.85. The van der Waals surface area contributed by atoms with E-state index in [0.29, 0.717) is 12.3 Å². The molecule has 0 radical (unpaired) electrons. The zero-order valence-electron chi connectivity index (χ0n) is 8.90. The highest BCUT2D eigenvalue weighted by Gasteiger charge is 2.30. The highest BCUT2D eigenvalue weighted by molar-refractivity contribution is 6.03. The zero-order valence-corrected chi connectivity index (χ0v) is 8.90. The Bertz CT molecular complexity index is 414. The van der Waals surface area contributed by atoms with Gasteiger partial charge >= 0.3 is 0 Å². The molecule has 2 amide bonds. The van der Waals surface area contributed by atoms with E-state index in [1.807, 2.05) is 6.07 Å². The van der Waals surface area contributed by atoms with Crippen LogP contribution >= 0.6 is 0 Å². The molecule has 2 heterocycles. The Balaban J connectivity index is 2.03. The fourth-order valence-corrected chi connectivity index (χ4v) is 1.71. The number of rotatable bonds is 3. The number of hydrogen-bond donors (Lipinski definition) is 1. The first-order valence-electron chi connectivity index (χ1n) is 5.01. The molecule has 1 aliphatic heterocycles. The van der Waals surface area contributed by atoms with E-state index in [1.54, 1.807) is 19.4 Å². The number of nitrogens with one attached hydrogen (secondary N) is 1. The van der Waals surface area contributed by atoms with Crippen LogP contribution in [0.5, 0.6) is 5.88 Å². The fraction of sp³-hybridized carbons (Fsp3) is 0.364. The lowest BCUT2D eigenvalue weighted by molar-refractivity contribution is -0.125. The summed E-state index contributed by atoms with van der Waals surface area (Å²) in [5.41, 5.74) is 0.927. The van der Waals surface area contributed by atoms with Crippen molar-refractivity contribution in [3.8, 4) is 5.88 Å². The molecule has 84 valence electrons. The SMILES string of the molecule is COc1ccc(CC2CC(=O)NC2=O)cn1. The average molecular weight is 220 g/mol. The molecule has 0 spiro atoms. The van der Waals surface area contributed by atoms with Crippen LogP contribution in [-0.2, 0) is 16.0 Å². The largest absolute Gasteiger partial charge is 0.481 e. The molecule has 16 heavy (non-hydrogen) atoms. The second-order valence-electron chi connectivity index (χ2n) is 3.73. The fourth-order valence-electron chi connectivity index (χ4n) is 1.71. The van der Waals surface area contributed by atoms with Crippen molar-refractivity contribution in [3.05, 3.63) is 23.9 Å². The highest BCUT2D eigenvalue weighted by atomic mass is 16.5. The van der Waals surface area contributed by atoms with Crippen molar-refractivity contribution in [1.82, 2.24) is 10.3 Å². The number of pyridine rings is 1. The summed E-state index contributed by atoms with van der Waals surface area (Å²) in [6, 6.07) is 3.59. The third-order valence-corrected chi connectivity index (χ3v) is 2.55. The van der Waals surface area contributed by atoms with Gasteiger partial charge in [-0.05, 0) is 12.0 Å². The van der Waals surface area contributed by atoms with Crippen LogP contribution in [0.3, 0.4) is 0 Å². The molecular formula is C11H12N2O3. The van der Waals surface area contributed by atoms with Gasteiger partial charge in [-0.3, -0.25) is 14.9 Å². The van der Waals surface area contributed by atoms with E-state index >= 15 is 0 Å². The van der Waals surface area contributed by atoms with Crippen LogP contribution in [0.4, 0.5) is 0 Å². The molecule has 2 rings (SSSR count). The zero-order chi connectivity index (χ0) is 11.5. The Hall–Kier alpha value is -1.91. The summed E-state index contributed by atoms with van der Waals surface area (Å²) in [4.78, 5) is 26.4. The van der Waals surface area contributed by atoms with Gasteiger partial charge in [0.25, 0.3) is 0 Å². The van der Waals surface area contributed by atoms with Crippen molar-refractivity contribution in [1.29, 1.82) is 0 Å². The van der Waals surface area contributed by atoms with Crippen molar-refractivity contribution >= 4 is 11.8 Å². The number of amides is 2. The van der Waals surface area contributed by atoms with E-state index in [9.17, 15) is 9.59 Å². The first-order valence-corrected chi connectivity index (χ1v) is 5.01. The summed E-state index contributed by atoms with van der Waals surface area (Å²) >= 11 is 0. The van der Waals surface area contributed by atoms with Crippen LogP contribution in [0.2, 0.25) is 0 Å². The maximum Gasteiger partial charge on any atom is 0.230 e. The smallest absolute Gasteiger partial charge is 0.230 e. The summed E-state index contributed by atoms with van der Waals surface area (Å²) < 4.78 is 4.93. The number of nitrogens with zero attached hydrogens (tertiary/aromatic N) is 1. The molecule has 1 aliphatic rings. The van der Waals surface area contributed by atoms with Crippen molar-refractivity contribution in [2.75, 3.05) is 7.11 Å². The second kappa shape index (κ2) is 4.30. The lowest BCUT2D eigenvalue weighted by Gasteiger charge is -2.05. The lowest BCUT2D eigenvalue weighted by Crippen LogP contribution is -2.22. The molecule has 0 aromatic carbocycles. The van der Waals surface area contributed by atoms with Gasteiger partial charge < -0.3 is 4.74 Å². The topological polar surface area (TPSA) is 68.3 Å². The Morgan fingerprint density at radius 2 is 2.31 bits per heavy atom. The third-order valence-electron chi connectivity index (χ3n) is 2.55. The van der Waals surface area contributed by atoms with Crippen LogP contribution in [0.15, 0.2) is 18.3 Å².